The maximum Gasteiger partial charge on any atom is 0.246 e. The topological polar surface area (TPSA) is 38.3 Å². The number of nitrogens with one attached hydrogen (secondary N) is 1. The molecule has 0 aliphatic rings. The molecular weight excluding hydrogens is 293 g/mol. The minimum absolute atomic E-state index is 0.0879. The molecule has 0 unspecified atom stereocenters. The fourth-order valence-corrected chi connectivity index (χ4v) is 1.84. The normalized spacial score (nSPS) is 10.2. The first-order valence-electron chi connectivity index (χ1n) is 4.92. The quantitative estimate of drug-likeness (QED) is 0.908. The summed E-state index contributed by atoms with van der Waals surface area (Å²) in [7, 11) is 0. The molecule has 1 rings (SSSR count). The third kappa shape index (κ3) is 4.51. The molecule has 1 N–H and O–H groups in total. The molecule has 88 valence electrons. The van der Waals surface area contributed by atoms with Crippen molar-refractivity contribution in [1.29, 1.82) is 0 Å². The van der Waals surface area contributed by atoms with E-state index in [0.29, 0.717) is 18.2 Å². The van der Waals surface area contributed by atoms with Gasteiger partial charge >= 0.3 is 0 Å². The predicted octanol–water partition coefficient (Wildman–Crippen LogP) is 2.76. The van der Waals surface area contributed by atoms with Crippen molar-refractivity contribution in [3.63, 3.8) is 0 Å². The van der Waals surface area contributed by atoms with Crippen LogP contribution >= 0.6 is 27.5 Å². The Kier molecular flexibility index (Phi) is 5.80. The summed E-state index contributed by atoms with van der Waals surface area (Å²) in [4.78, 5) is 11.3. The van der Waals surface area contributed by atoms with E-state index in [9.17, 15) is 4.79 Å². The molecule has 0 spiro atoms. The van der Waals surface area contributed by atoms with E-state index in [4.69, 9.17) is 16.3 Å². The van der Waals surface area contributed by atoms with Gasteiger partial charge in [-0.15, -0.1) is 0 Å². The lowest BCUT2D eigenvalue weighted by atomic mass is 10.2. The van der Waals surface area contributed by atoms with Crippen LogP contribution in [0.4, 0.5) is 0 Å². The van der Waals surface area contributed by atoms with Gasteiger partial charge in [-0.3, -0.25) is 4.79 Å². The van der Waals surface area contributed by atoms with Crippen LogP contribution in [-0.2, 0) is 16.1 Å². The third-order valence-corrected chi connectivity index (χ3v) is 2.77. The van der Waals surface area contributed by atoms with Crippen LogP contribution in [-0.4, -0.2) is 19.1 Å². The predicted molar refractivity (Wildman–Crippen MR) is 67.5 cm³/mol. The molecule has 0 aliphatic carbocycles. The van der Waals surface area contributed by atoms with Crippen LogP contribution in [0.5, 0.6) is 0 Å². The van der Waals surface area contributed by atoms with Crippen LogP contribution in [0.15, 0.2) is 22.7 Å². The molecule has 3 nitrogen and oxygen atoms in total. The summed E-state index contributed by atoms with van der Waals surface area (Å²) in [5, 5.41) is 3.36. The average Bonchev–Trinajstić information content (AvgIpc) is 2.25. The number of halogens is 2. The Morgan fingerprint density at radius 3 is 2.94 bits per heavy atom. The molecule has 0 saturated carbocycles. The molecule has 1 amide bonds. The highest BCUT2D eigenvalue weighted by molar-refractivity contribution is 9.10. The molecule has 0 bridgehead atoms. The van der Waals surface area contributed by atoms with Gasteiger partial charge in [-0.05, 0) is 24.6 Å². The van der Waals surface area contributed by atoms with Crippen LogP contribution in [0.2, 0.25) is 5.02 Å². The van der Waals surface area contributed by atoms with Gasteiger partial charge in [-0.1, -0.05) is 33.6 Å². The second kappa shape index (κ2) is 6.89. The van der Waals surface area contributed by atoms with Gasteiger partial charge < -0.3 is 10.1 Å². The van der Waals surface area contributed by atoms with Gasteiger partial charge in [-0.2, -0.15) is 0 Å². The number of benzene rings is 1. The number of rotatable bonds is 5. The largest absolute Gasteiger partial charge is 0.372 e. The number of ether oxygens (including phenoxy) is 1. The van der Waals surface area contributed by atoms with E-state index in [-0.39, 0.29) is 12.5 Å². The van der Waals surface area contributed by atoms with Crippen molar-refractivity contribution in [2.45, 2.75) is 13.5 Å². The van der Waals surface area contributed by atoms with Gasteiger partial charge in [0, 0.05) is 22.6 Å². The zero-order valence-corrected chi connectivity index (χ0v) is 11.3. The van der Waals surface area contributed by atoms with Gasteiger partial charge in [-0.25, -0.2) is 0 Å². The number of hydrogen-bond donors (Lipinski definition) is 1. The van der Waals surface area contributed by atoms with Crippen molar-refractivity contribution in [3.8, 4) is 0 Å². The van der Waals surface area contributed by atoms with Crippen LogP contribution in [0.1, 0.15) is 12.5 Å². The molecule has 0 fully saturated rings. The van der Waals surface area contributed by atoms with E-state index in [1.165, 1.54) is 0 Å². The molecule has 0 radical (unpaired) electrons. The summed E-state index contributed by atoms with van der Waals surface area (Å²) < 4.78 is 5.90. The van der Waals surface area contributed by atoms with Gasteiger partial charge in [0.15, 0.2) is 0 Å². The monoisotopic (exact) mass is 305 g/mol. The van der Waals surface area contributed by atoms with Crippen LogP contribution in [0.25, 0.3) is 0 Å². The summed E-state index contributed by atoms with van der Waals surface area (Å²) in [6, 6.07) is 5.55. The highest BCUT2D eigenvalue weighted by Gasteiger charge is 2.04. The van der Waals surface area contributed by atoms with Crippen molar-refractivity contribution in [2.24, 2.45) is 0 Å². The highest BCUT2D eigenvalue weighted by Crippen LogP contribution is 2.20. The smallest absolute Gasteiger partial charge is 0.246 e. The Labute approximate surface area is 108 Å². The molecule has 1 aromatic rings. The summed E-state index contributed by atoms with van der Waals surface area (Å²) in [5.41, 5.74) is 0.884. The standard InChI is InChI=1S/C11H13BrClNO2/c1-2-16-7-11(15)14-6-8-3-4-9(12)5-10(8)13/h3-5H,2,6-7H2,1H3,(H,14,15). The van der Waals surface area contributed by atoms with Gasteiger partial charge in [0.1, 0.15) is 6.61 Å². The SMILES string of the molecule is CCOCC(=O)NCc1ccc(Br)cc1Cl. The first-order valence-corrected chi connectivity index (χ1v) is 6.09. The van der Waals surface area contributed by atoms with Crippen molar-refractivity contribution in [2.75, 3.05) is 13.2 Å². The summed E-state index contributed by atoms with van der Waals surface area (Å²) in [6.45, 7) is 2.88. The van der Waals surface area contributed by atoms with Gasteiger partial charge in [0.2, 0.25) is 5.91 Å². The molecule has 0 atom stereocenters. The first-order chi connectivity index (χ1) is 7.63. The summed E-state index contributed by atoms with van der Waals surface area (Å²) in [6.07, 6.45) is 0. The van der Waals surface area contributed by atoms with E-state index >= 15 is 0 Å². The minimum Gasteiger partial charge on any atom is -0.372 e. The van der Waals surface area contributed by atoms with Crippen LogP contribution in [0.3, 0.4) is 0 Å². The van der Waals surface area contributed by atoms with E-state index in [1.54, 1.807) is 6.07 Å². The Balaban J connectivity index is 2.45. The Morgan fingerprint density at radius 1 is 1.56 bits per heavy atom. The second-order valence-electron chi connectivity index (χ2n) is 3.15. The average molecular weight is 307 g/mol. The van der Waals surface area contributed by atoms with Crippen LogP contribution in [0, 0.1) is 0 Å². The molecule has 0 saturated heterocycles. The maximum absolute atomic E-state index is 11.3. The number of carbonyl (C=O) groups excluding carboxylic acids is 1. The number of amides is 1. The second-order valence-corrected chi connectivity index (χ2v) is 4.47. The molecule has 0 heterocycles. The van der Waals surface area contributed by atoms with Gasteiger partial charge in [0.05, 0.1) is 0 Å². The van der Waals surface area contributed by atoms with E-state index < -0.39 is 0 Å². The Bertz CT molecular complexity index is 371. The lowest BCUT2D eigenvalue weighted by molar-refractivity contribution is -0.125. The Morgan fingerprint density at radius 2 is 2.31 bits per heavy atom. The minimum atomic E-state index is -0.138. The zero-order valence-electron chi connectivity index (χ0n) is 8.93. The van der Waals surface area contributed by atoms with Crippen molar-refractivity contribution in [1.82, 2.24) is 5.32 Å². The zero-order chi connectivity index (χ0) is 12.0. The van der Waals surface area contributed by atoms with E-state index in [0.717, 1.165) is 10.0 Å². The third-order valence-electron chi connectivity index (χ3n) is 1.93. The lowest BCUT2D eigenvalue weighted by Crippen LogP contribution is -2.27. The van der Waals surface area contributed by atoms with Crippen molar-refractivity contribution >= 4 is 33.4 Å². The Hall–Kier alpha value is -0.580. The van der Waals surface area contributed by atoms with E-state index in [1.807, 2.05) is 19.1 Å². The molecule has 0 aliphatic heterocycles. The summed E-state index contributed by atoms with van der Waals surface area (Å²) >= 11 is 9.32. The molecule has 5 heteroatoms. The lowest BCUT2D eigenvalue weighted by Gasteiger charge is -2.07. The molecular formula is C11H13BrClNO2. The van der Waals surface area contributed by atoms with Crippen molar-refractivity contribution in [3.05, 3.63) is 33.3 Å². The summed E-state index contributed by atoms with van der Waals surface area (Å²) in [5.74, 6) is -0.138. The number of carbonyl (C=O) groups is 1. The van der Waals surface area contributed by atoms with Gasteiger partial charge in [0.25, 0.3) is 0 Å². The molecule has 16 heavy (non-hydrogen) atoms. The van der Waals surface area contributed by atoms with E-state index in [2.05, 4.69) is 21.2 Å². The highest BCUT2D eigenvalue weighted by atomic mass is 79.9. The van der Waals surface area contributed by atoms with Crippen molar-refractivity contribution < 1.29 is 9.53 Å². The fourth-order valence-electron chi connectivity index (χ4n) is 1.10. The first kappa shape index (κ1) is 13.5. The maximum atomic E-state index is 11.3. The fraction of sp³-hybridized carbons (Fsp3) is 0.364. The number of hydrogen-bond acceptors (Lipinski definition) is 2. The molecule has 0 aromatic heterocycles. The van der Waals surface area contributed by atoms with Crippen LogP contribution < -0.4 is 5.32 Å². The molecule has 1 aromatic carbocycles.